The highest BCUT2D eigenvalue weighted by molar-refractivity contribution is 5.83. The molecule has 0 fully saturated rings. The predicted molar refractivity (Wildman–Crippen MR) is 79.2 cm³/mol. The minimum Gasteiger partial charge on any atom is -0.422 e. The van der Waals surface area contributed by atoms with Crippen LogP contribution in [-0.2, 0) is 0 Å². The lowest BCUT2D eigenvalue weighted by Crippen LogP contribution is -2.21. The Morgan fingerprint density at radius 3 is 2.71 bits per heavy atom. The van der Waals surface area contributed by atoms with Crippen molar-refractivity contribution in [3.05, 3.63) is 34.7 Å². The number of aromatic nitrogens is 4. The Kier molecular flexibility index (Phi) is 3.39. The van der Waals surface area contributed by atoms with Gasteiger partial charge in [-0.05, 0) is 37.3 Å². The van der Waals surface area contributed by atoms with Gasteiger partial charge in [0.15, 0.2) is 0 Å². The highest BCUT2D eigenvalue weighted by Crippen LogP contribution is 2.23. The summed E-state index contributed by atoms with van der Waals surface area (Å²) in [4.78, 5) is 14.2. The maximum absolute atomic E-state index is 12.0. The molecule has 0 saturated heterocycles. The van der Waals surface area contributed by atoms with Crippen molar-refractivity contribution in [1.29, 1.82) is 0 Å². The molecule has 7 heteroatoms. The van der Waals surface area contributed by atoms with Gasteiger partial charge in [-0.3, -0.25) is 0 Å². The van der Waals surface area contributed by atoms with Crippen molar-refractivity contribution < 1.29 is 4.42 Å². The van der Waals surface area contributed by atoms with Crippen LogP contribution in [0.5, 0.6) is 0 Å². The lowest BCUT2D eigenvalue weighted by molar-refractivity contribution is 0.562. The van der Waals surface area contributed by atoms with Gasteiger partial charge >= 0.3 is 5.63 Å². The van der Waals surface area contributed by atoms with Gasteiger partial charge in [0.05, 0.1) is 0 Å². The van der Waals surface area contributed by atoms with E-state index in [9.17, 15) is 4.79 Å². The zero-order chi connectivity index (χ0) is 14.8. The second-order valence-electron chi connectivity index (χ2n) is 4.58. The monoisotopic (exact) mass is 285 g/mol. The van der Waals surface area contributed by atoms with E-state index in [2.05, 4.69) is 39.4 Å². The largest absolute Gasteiger partial charge is 0.422 e. The van der Waals surface area contributed by atoms with Crippen LogP contribution in [0.25, 0.3) is 22.4 Å². The number of tetrazole rings is 1. The number of aromatic amines is 1. The first-order valence-electron chi connectivity index (χ1n) is 6.79. The van der Waals surface area contributed by atoms with Crippen molar-refractivity contribution in [2.75, 3.05) is 18.0 Å². The van der Waals surface area contributed by atoms with Gasteiger partial charge in [0.25, 0.3) is 0 Å². The molecule has 3 aromatic rings. The number of hydrogen-bond donors (Lipinski definition) is 1. The second-order valence-corrected chi connectivity index (χ2v) is 4.58. The van der Waals surface area contributed by atoms with Gasteiger partial charge in [0, 0.05) is 30.2 Å². The normalized spacial score (nSPS) is 11.0. The third-order valence-corrected chi connectivity index (χ3v) is 3.43. The van der Waals surface area contributed by atoms with Crippen LogP contribution in [0.15, 0.2) is 33.5 Å². The molecule has 2 heterocycles. The first-order valence-corrected chi connectivity index (χ1v) is 6.79. The second kappa shape index (κ2) is 5.35. The highest BCUT2D eigenvalue weighted by Gasteiger charge is 2.12. The summed E-state index contributed by atoms with van der Waals surface area (Å²) in [7, 11) is 0. The number of nitrogens with one attached hydrogen (secondary N) is 1. The summed E-state index contributed by atoms with van der Waals surface area (Å²) >= 11 is 0. The van der Waals surface area contributed by atoms with Crippen molar-refractivity contribution >= 4 is 16.7 Å². The zero-order valence-corrected chi connectivity index (χ0v) is 11.8. The summed E-state index contributed by atoms with van der Waals surface area (Å²) in [5.41, 5.74) is 1.41. The van der Waals surface area contributed by atoms with Crippen LogP contribution in [-0.4, -0.2) is 33.7 Å². The number of rotatable bonds is 4. The Morgan fingerprint density at radius 1 is 1.24 bits per heavy atom. The fourth-order valence-corrected chi connectivity index (χ4v) is 2.32. The third-order valence-electron chi connectivity index (χ3n) is 3.43. The van der Waals surface area contributed by atoms with Crippen LogP contribution < -0.4 is 10.5 Å². The summed E-state index contributed by atoms with van der Waals surface area (Å²) in [6.07, 6.45) is 0. The molecule has 0 aliphatic heterocycles. The molecule has 1 N–H and O–H groups in total. The Morgan fingerprint density at radius 2 is 2.05 bits per heavy atom. The predicted octanol–water partition coefficient (Wildman–Crippen LogP) is 1.82. The fraction of sp³-hybridized carbons (Fsp3) is 0.286. The first-order chi connectivity index (χ1) is 10.2. The molecule has 0 atom stereocenters. The summed E-state index contributed by atoms with van der Waals surface area (Å²) in [5, 5.41) is 14.2. The number of fused-ring (bicyclic) bond motifs is 1. The Hall–Kier alpha value is -2.70. The maximum Gasteiger partial charge on any atom is 0.347 e. The number of H-pyrrole nitrogens is 1. The van der Waals surface area contributed by atoms with Gasteiger partial charge in [0.2, 0.25) is 5.82 Å². The van der Waals surface area contributed by atoms with E-state index in [1.54, 1.807) is 6.07 Å². The topological polar surface area (TPSA) is 87.9 Å². The van der Waals surface area contributed by atoms with Crippen molar-refractivity contribution in [2.24, 2.45) is 0 Å². The molecule has 0 amide bonds. The number of hydrogen-bond acceptors (Lipinski definition) is 6. The lowest BCUT2D eigenvalue weighted by atomic mass is 10.1. The SMILES string of the molecule is CCN(CC)c1ccc2cc(-c3nn[nH]n3)c(=O)oc2c1. The van der Waals surface area contributed by atoms with Crippen LogP contribution in [0.4, 0.5) is 5.69 Å². The van der Waals surface area contributed by atoms with Crippen LogP contribution in [0.1, 0.15) is 13.8 Å². The van der Waals surface area contributed by atoms with Gasteiger partial charge in [-0.25, -0.2) is 4.79 Å². The Balaban J connectivity index is 2.13. The summed E-state index contributed by atoms with van der Waals surface area (Å²) in [5.74, 6) is 0.235. The molecule has 108 valence electrons. The molecule has 0 spiro atoms. The number of nitrogens with zero attached hydrogens (tertiary/aromatic N) is 4. The van der Waals surface area contributed by atoms with Crippen LogP contribution in [0, 0.1) is 0 Å². The molecule has 21 heavy (non-hydrogen) atoms. The molecule has 2 aromatic heterocycles. The Labute approximate surface area is 120 Å². The van der Waals surface area contributed by atoms with Crippen molar-refractivity contribution in [3.63, 3.8) is 0 Å². The van der Waals surface area contributed by atoms with Gasteiger partial charge in [0.1, 0.15) is 11.1 Å². The third kappa shape index (κ3) is 2.37. The Bertz CT molecular complexity index is 806. The van der Waals surface area contributed by atoms with E-state index in [0.29, 0.717) is 11.1 Å². The number of anilines is 1. The molecule has 1 aromatic carbocycles. The van der Waals surface area contributed by atoms with E-state index in [1.807, 2.05) is 18.2 Å². The van der Waals surface area contributed by atoms with Crippen molar-refractivity contribution in [1.82, 2.24) is 20.6 Å². The molecular weight excluding hydrogens is 270 g/mol. The molecule has 0 bridgehead atoms. The standard InChI is InChI=1S/C14H15N5O2/c1-3-19(4-2)10-6-5-9-7-11(13-15-17-18-16-13)14(20)21-12(9)8-10/h5-8H,3-4H2,1-2H3,(H,15,16,17,18). The zero-order valence-electron chi connectivity index (χ0n) is 11.8. The molecule has 0 saturated carbocycles. The molecular formula is C14H15N5O2. The van der Waals surface area contributed by atoms with Gasteiger partial charge in [-0.2, -0.15) is 5.21 Å². The van der Waals surface area contributed by atoms with Crippen LogP contribution >= 0.6 is 0 Å². The quantitative estimate of drug-likeness (QED) is 0.736. The van der Waals surface area contributed by atoms with E-state index in [-0.39, 0.29) is 5.82 Å². The molecule has 0 aliphatic carbocycles. The maximum atomic E-state index is 12.0. The highest BCUT2D eigenvalue weighted by atomic mass is 16.4. The molecule has 0 aliphatic rings. The van der Waals surface area contributed by atoms with Gasteiger partial charge < -0.3 is 9.32 Å². The average molecular weight is 285 g/mol. The summed E-state index contributed by atoms with van der Waals surface area (Å²) in [6, 6.07) is 7.53. The van der Waals surface area contributed by atoms with Gasteiger partial charge in [-0.1, -0.05) is 0 Å². The van der Waals surface area contributed by atoms with E-state index < -0.39 is 5.63 Å². The van der Waals surface area contributed by atoms with Gasteiger partial charge in [-0.15, -0.1) is 10.2 Å². The molecule has 0 radical (unpaired) electrons. The molecule has 0 unspecified atom stereocenters. The first kappa shape index (κ1) is 13.3. The van der Waals surface area contributed by atoms with E-state index in [0.717, 1.165) is 24.2 Å². The molecule has 7 nitrogen and oxygen atoms in total. The van der Waals surface area contributed by atoms with Crippen molar-refractivity contribution in [3.8, 4) is 11.4 Å². The smallest absolute Gasteiger partial charge is 0.347 e. The van der Waals surface area contributed by atoms with Crippen molar-refractivity contribution in [2.45, 2.75) is 13.8 Å². The summed E-state index contributed by atoms with van der Waals surface area (Å²) in [6.45, 7) is 5.97. The fourth-order valence-electron chi connectivity index (χ4n) is 2.32. The van der Waals surface area contributed by atoms with E-state index >= 15 is 0 Å². The van der Waals surface area contributed by atoms with Crippen LogP contribution in [0.3, 0.4) is 0 Å². The number of benzene rings is 1. The summed E-state index contributed by atoms with van der Waals surface area (Å²) < 4.78 is 5.39. The van der Waals surface area contributed by atoms with Crippen LogP contribution in [0.2, 0.25) is 0 Å². The average Bonchev–Trinajstić information content (AvgIpc) is 3.01. The molecule has 3 rings (SSSR count). The minimum atomic E-state index is -0.472. The van der Waals surface area contributed by atoms with E-state index in [4.69, 9.17) is 4.42 Å². The minimum absolute atomic E-state index is 0.235. The van der Waals surface area contributed by atoms with E-state index in [1.165, 1.54) is 0 Å². The lowest BCUT2D eigenvalue weighted by Gasteiger charge is -2.20.